The van der Waals surface area contributed by atoms with Gasteiger partial charge in [-0.1, -0.05) is 23.7 Å². The lowest BCUT2D eigenvalue weighted by Gasteiger charge is -2.39. The largest absolute Gasteiger partial charge is 0.415 e. The molecule has 0 N–H and O–H groups in total. The molecule has 3 heterocycles. The number of halogens is 2. The Morgan fingerprint density at radius 3 is 2.29 bits per heavy atom. The number of hydrogen-bond donors (Lipinski definition) is 0. The van der Waals surface area contributed by atoms with Crippen LogP contribution in [0.4, 0.5) is 9.18 Å². The molecular weight excluding hydrogens is 509 g/mol. The number of nitrogens with zero attached hydrogens (tertiary/aromatic N) is 3. The normalized spacial score (nSPS) is 23.4. The van der Waals surface area contributed by atoms with E-state index in [1.54, 1.807) is 11.9 Å². The summed E-state index contributed by atoms with van der Waals surface area (Å²) in [6.45, 7) is 4.47. The van der Waals surface area contributed by atoms with Gasteiger partial charge in [-0.15, -0.1) is 0 Å². The maximum Gasteiger partial charge on any atom is 0.415 e. The van der Waals surface area contributed by atoms with Gasteiger partial charge in [-0.05, 0) is 80.7 Å². The van der Waals surface area contributed by atoms with Crippen molar-refractivity contribution in [3.63, 3.8) is 0 Å². The van der Waals surface area contributed by atoms with Crippen LogP contribution < -0.4 is 4.74 Å². The van der Waals surface area contributed by atoms with E-state index in [2.05, 4.69) is 4.90 Å². The maximum atomic E-state index is 13.7. The summed E-state index contributed by atoms with van der Waals surface area (Å²) in [6.07, 6.45) is 3.29. The predicted molar refractivity (Wildman–Crippen MR) is 143 cm³/mol. The number of carbonyl (C=O) groups excluding carboxylic acids is 2. The lowest BCUT2D eigenvalue weighted by atomic mass is 9.92. The van der Waals surface area contributed by atoms with Crippen molar-refractivity contribution in [2.75, 3.05) is 46.4 Å². The van der Waals surface area contributed by atoms with Crippen LogP contribution in [0.2, 0.25) is 5.02 Å². The number of rotatable bonds is 5. The second-order valence-electron chi connectivity index (χ2n) is 10.6. The highest BCUT2D eigenvalue weighted by molar-refractivity contribution is 6.30. The Morgan fingerprint density at radius 2 is 1.63 bits per heavy atom. The molecule has 0 unspecified atom stereocenters. The molecule has 0 saturated carbocycles. The molecule has 2 atom stereocenters. The van der Waals surface area contributed by atoms with Crippen LogP contribution in [0.3, 0.4) is 0 Å². The molecule has 0 aromatic heterocycles. The van der Waals surface area contributed by atoms with E-state index in [0.29, 0.717) is 24.2 Å². The first-order valence-electron chi connectivity index (χ1n) is 13.5. The Hall–Kier alpha value is -2.68. The topological polar surface area (TPSA) is 62.3 Å². The number of carbonyl (C=O) groups is 2. The molecule has 204 valence electrons. The molecule has 7 nitrogen and oxygen atoms in total. The summed E-state index contributed by atoms with van der Waals surface area (Å²) < 4.78 is 24.3. The Balaban J connectivity index is 1.26. The average Bonchev–Trinajstić information content (AvgIpc) is 3.40. The molecule has 2 aromatic carbocycles. The lowest BCUT2D eigenvalue weighted by Crippen LogP contribution is -2.47. The third kappa shape index (κ3) is 6.14. The molecule has 38 heavy (non-hydrogen) atoms. The van der Waals surface area contributed by atoms with Gasteiger partial charge in [-0.3, -0.25) is 4.79 Å². The second kappa shape index (κ2) is 12.0. The maximum absolute atomic E-state index is 13.7. The van der Waals surface area contributed by atoms with Crippen molar-refractivity contribution in [1.29, 1.82) is 0 Å². The SMILES string of the molecule is CN(C(=O)Oc1ccc(F)cc1)[C@@H]1CN(C(=O)C2CCN(C3CCOCC3)CC2)C[C@H]1c1ccc(Cl)cc1. The number of likely N-dealkylation sites (tertiary alicyclic amines) is 2. The quantitative estimate of drug-likeness (QED) is 0.542. The minimum absolute atomic E-state index is 0.00724. The van der Waals surface area contributed by atoms with Gasteiger partial charge in [0.2, 0.25) is 5.91 Å². The highest BCUT2D eigenvalue weighted by atomic mass is 35.5. The smallest absolute Gasteiger partial charge is 0.410 e. The van der Waals surface area contributed by atoms with Gasteiger partial charge in [0.1, 0.15) is 11.6 Å². The van der Waals surface area contributed by atoms with Crippen LogP contribution in [-0.2, 0) is 9.53 Å². The van der Waals surface area contributed by atoms with E-state index in [0.717, 1.165) is 57.6 Å². The minimum atomic E-state index is -0.542. The van der Waals surface area contributed by atoms with E-state index in [-0.39, 0.29) is 29.5 Å². The van der Waals surface area contributed by atoms with Crippen LogP contribution in [0.25, 0.3) is 0 Å². The van der Waals surface area contributed by atoms with Crippen LogP contribution >= 0.6 is 11.6 Å². The van der Waals surface area contributed by atoms with E-state index in [4.69, 9.17) is 21.1 Å². The molecule has 0 radical (unpaired) electrons. The molecule has 5 rings (SSSR count). The number of likely N-dealkylation sites (N-methyl/N-ethyl adjacent to an activating group) is 1. The minimum Gasteiger partial charge on any atom is -0.410 e. The molecule has 3 aliphatic heterocycles. The first-order chi connectivity index (χ1) is 18.4. The van der Waals surface area contributed by atoms with E-state index in [9.17, 15) is 14.0 Å². The van der Waals surface area contributed by atoms with Gasteiger partial charge in [0.15, 0.2) is 0 Å². The van der Waals surface area contributed by atoms with Crippen LogP contribution in [0, 0.1) is 11.7 Å². The summed E-state index contributed by atoms with van der Waals surface area (Å²) in [5.41, 5.74) is 1.02. The first-order valence-corrected chi connectivity index (χ1v) is 13.8. The summed E-state index contributed by atoms with van der Waals surface area (Å²) >= 11 is 6.13. The van der Waals surface area contributed by atoms with E-state index in [1.165, 1.54) is 24.3 Å². The van der Waals surface area contributed by atoms with E-state index in [1.807, 2.05) is 29.2 Å². The Kier molecular flexibility index (Phi) is 8.51. The van der Waals surface area contributed by atoms with Crippen LogP contribution in [0.15, 0.2) is 48.5 Å². The van der Waals surface area contributed by atoms with Crippen molar-refractivity contribution in [2.45, 2.75) is 43.7 Å². The summed E-state index contributed by atoms with van der Waals surface area (Å²) in [7, 11) is 1.69. The zero-order valence-electron chi connectivity index (χ0n) is 21.7. The number of amides is 2. The Bertz CT molecular complexity index is 1100. The predicted octanol–water partition coefficient (Wildman–Crippen LogP) is 4.80. The summed E-state index contributed by atoms with van der Waals surface area (Å²) in [5, 5.41) is 0.636. The Labute approximate surface area is 228 Å². The molecule has 0 aliphatic carbocycles. The van der Waals surface area contributed by atoms with Gasteiger partial charge in [-0.2, -0.15) is 0 Å². The van der Waals surface area contributed by atoms with Crippen molar-refractivity contribution in [3.05, 3.63) is 64.9 Å². The third-order valence-electron chi connectivity index (χ3n) is 8.29. The summed E-state index contributed by atoms with van der Waals surface area (Å²) in [4.78, 5) is 32.7. The molecule has 2 aromatic rings. The van der Waals surface area contributed by atoms with Crippen LogP contribution in [0.5, 0.6) is 5.75 Å². The fourth-order valence-electron chi connectivity index (χ4n) is 6.03. The second-order valence-corrected chi connectivity index (χ2v) is 11.0. The zero-order chi connectivity index (χ0) is 26.6. The van der Waals surface area contributed by atoms with Gasteiger partial charge in [0.25, 0.3) is 0 Å². The highest BCUT2D eigenvalue weighted by Crippen LogP contribution is 2.34. The fraction of sp³-hybridized carbons (Fsp3) is 0.517. The molecule has 3 aliphatic rings. The molecule has 3 saturated heterocycles. The van der Waals surface area contributed by atoms with Crippen molar-refractivity contribution in [1.82, 2.24) is 14.7 Å². The van der Waals surface area contributed by atoms with Crippen molar-refractivity contribution in [3.8, 4) is 5.75 Å². The lowest BCUT2D eigenvalue weighted by molar-refractivity contribution is -0.136. The van der Waals surface area contributed by atoms with Gasteiger partial charge in [0, 0.05) is 56.3 Å². The molecule has 3 fully saturated rings. The van der Waals surface area contributed by atoms with Crippen molar-refractivity contribution >= 4 is 23.6 Å². The van der Waals surface area contributed by atoms with Gasteiger partial charge in [0.05, 0.1) is 6.04 Å². The number of piperidine rings is 1. The van der Waals surface area contributed by atoms with E-state index < -0.39 is 11.9 Å². The monoisotopic (exact) mass is 543 g/mol. The molecule has 9 heteroatoms. The van der Waals surface area contributed by atoms with Gasteiger partial charge in [-0.25, -0.2) is 9.18 Å². The zero-order valence-corrected chi connectivity index (χ0v) is 22.5. The number of hydrogen-bond acceptors (Lipinski definition) is 5. The van der Waals surface area contributed by atoms with Crippen LogP contribution in [-0.4, -0.2) is 85.2 Å². The number of benzene rings is 2. The Morgan fingerprint density at radius 1 is 0.974 bits per heavy atom. The van der Waals surface area contributed by atoms with Crippen LogP contribution in [0.1, 0.15) is 37.2 Å². The summed E-state index contributed by atoms with van der Waals surface area (Å²) in [5.74, 6) is -0.0482. The summed E-state index contributed by atoms with van der Waals surface area (Å²) in [6, 6.07) is 13.2. The van der Waals surface area contributed by atoms with Crippen molar-refractivity contribution < 1.29 is 23.5 Å². The first kappa shape index (κ1) is 26.9. The van der Waals surface area contributed by atoms with Crippen molar-refractivity contribution in [2.24, 2.45) is 5.92 Å². The fourth-order valence-corrected chi connectivity index (χ4v) is 6.15. The van der Waals surface area contributed by atoms with E-state index >= 15 is 0 Å². The van der Waals surface area contributed by atoms with Gasteiger partial charge >= 0.3 is 6.09 Å². The molecule has 0 spiro atoms. The third-order valence-corrected chi connectivity index (χ3v) is 8.54. The average molecular weight is 544 g/mol. The highest BCUT2D eigenvalue weighted by Gasteiger charge is 2.42. The molecule has 0 bridgehead atoms. The molecular formula is C29H35ClFN3O4. The number of ether oxygens (including phenoxy) is 2. The standard InChI is InChI=1S/C29H35ClFN3O4/c1-32(29(36)38-25-8-6-23(31)7-9-25)27-19-34(18-26(27)20-2-4-22(30)5-3-20)28(35)21-10-14-33(15-11-21)24-12-16-37-17-13-24/h2-9,21,24,26-27H,10-19H2,1H3/t26-,27+/m0/s1. The van der Waals surface area contributed by atoms with Gasteiger partial charge < -0.3 is 24.2 Å². The molecule has 2 amide bonds.